The molecule has 0 saturated carbocycles. The van der Waals surface area contributed by atoms with Gasteiger partial charge in [0, 0.05) is 51.6 Å². The minimum atomic E-state index is 0.559. The molecule has 3 N–H and O–H groups in total. The van der Waals surface area contributed by atoms with Gasteiger partial charge in [0.05, 0.1) is 0 Å². The van der Waals surface area contributed by atoms with Crippen LogP contribution in [0.5, 0.6) is 0 Å². The van der Waals surface area contributed by atoms with E-state index in [9.17, 15) is 0 Å². The summed E-state index contributed by atoms with van der Waals surface area (Å²) in [6, 6.07) is 16.1. The Balaban J connectivity index is 1.57. The van der Waals surface area contributed by atoms with E-state index < -0.39 is 0 Å². The van der Waals surface area contributed by atoms with E-state index in [1.54, 1.807) is 6.20 Å². The number of aromatic amines is 1. The first-order valence-electron chi connectivity index (χ1n) is 7.27. The van der Waals surface area contributed by atoms with Gasteiger partial charge in [-0.25, -0.2) is 0 Å². The molecule has 2 aromatic heterocycles. The number of pyridine rings is 1. The van der Waals surface area contributed by atoms with Gasteiger partial charge in [0.25, 0.3) is 0 Å². The predicted octanol–water partition coefficient (Wildman–Crippen LogP) is 4.53. The number of H-pyrrole nitrogens is 1. The zero-order valence-corrected chi connectivity index (χ0v) is 13.0. The number of hydrogen-bond donors (Lipinski definition) is 3. The molecule has 0 amide bonds. The van der Waals surface area contributed by atoms with E-state index in [-0.39, 0.29) is 0 Å². The van der Waals surface area contributed by atoms with Crippen molar-refractivity contribution in [2.24, 2.45) is 0 Å². The molecule has 0 radical (unpaired) electrons. The number of hydrogen-bond acceptors (Lipinski definition) is 2. The molecule has 0 aliphatic heterocycles. The maximum Gasteiger partial charge on any atom is 0.175 e. The lowest BCUT2D eigenvalue weighted by Crippen LogP contribution is -2.19. The molecule has 2 aromatic carbocycles. The number of aromatic nitrogens is 2. The average molecular weight is 318 g/mol. The number of benzene rings is 2. The fourth-order valence-electron chi connectivity index (χ4n) is 2.65. The van der Waals surface area contributed by atoms with Crippen LogP contribution in [0.2, 0.25) is 0 Å². The van der Waals surface area contributed by atoms with Crippen LogP contribution in [0.15, 0.2) is 67.1 Å². The third kappa shape index (κ3) is 2.74. The van der Waals surface area contributed by atoms with Gasteiger partial charge in [0.2, 0.25) is 0 Å². The third-order valence-corrected chi connectivity index (χ3v) is 3.94. The average Bonchev–Trinajstić information content (AvgIpc) is 3.03. The van der Waals surface area contributed by atoms with Gasteiger partial charge in [-0.05, 0) is 48.6 Å². The van der Waals surface area contributed by atoms with Crippen LogP contribution >= 0.6 is 12.2 Å². The van der Waals surface area contributed by atoms with Crippen LogP contribution in [0.1, 0.15) is 0 Å². The first kappa shape index (κ1) is 13.7. The fourth-order valence-corrected chi connectivity index (χ4v) is 2.88. The molecule has 0 fully saturated rings. The minimum Gasteiger partial charge on any atom is -0.361 e. The fraction of sp³-hybridized carbons (Fsp3) is 0. The van der Waals surface area contributed by atoms with Crippen LogP contribution < -0.4 is 10.6 Å². The molecule has 112 valence electrons. The number of fused-ring (bicyclic) bond motifs is 2. The van der Waals surface area contributed by atoms with Crippen molar-refractivity contribution in [3.8, 4) is 0 Å². The minimum absolute atomic E-state index is 0.559. The molecule has 0 aliphatic rings. The highest BCUT2D eigenvalue weighted by Crippen LogP contribution is 2.23. The Kier molecular flexibility index (Phi) is 3.40. The van der Waals surface area contributed by atoms with E-state index in [1.807, 2.05) is 54.9 Å². The monoisotopic (exact) mass is 318 g/mol. The van der Waals surface area contributed by atoms with Crippen molar-refractivity contribution >= 4 is 50.4 Å². The molecule has 2 heterocycles. The van der Waals surface area contributed by atoms with Crippen LogP contribution in [-0.4, -0.2) is 15.1 Å². The normalized spacial score (nSPS) is 10.8. The molecular formula is C18H14N4S. The maximum atomic E-state index is 5.44. The topological polar surface area (TPSA) is 52.7 Å². The van der Waals surface area contributed by atoms with Gasteiger partial charge in [0.15, 0.2) is 5.11 Å². The first-order valence-corrected chi connectivity index (χ1v) is 7.68. The molecule has 4 rings (SSSR count). The maximum absolute atomic E-state index is 5.44. The molecule has 0 atom stereocenters. The van der Waals surface area contributed by atoms with Crippen molar-refractivity contribution in [2.45, 2.75) is 0 Å². The Labute approximate surface area is 138 Å². The van der Waals surface area contributed by atoms with E-state index in [0.717, 1.165) is 33.1 Å². The summed E-state index contributed by atoms with van der Waals surface area (Å²) >= 11 is 5.44. The highest BCUT2D eigenvalue weighted by molar-refractivity contribution is 7.80. The van der Waals surface area contributed by atoms with Crippen molar-refractivity contribution in [3.63, 3.8) is 0 Å². The molecule has 23 heavy (non-hydrogen) atoms. The van der Waals surface area contributed by atoms with E-state index in [0.29, 0.717) is 5.11 Å². The number of nitrogens with zero attached hydrogens (tertiary/aromatic N) is 1. The van der Waals surface area contributed by atoms with Crippen LogP contribution in [0.25, 0.3) is 21.7 Å². The van der Waals surface area contributed by atoms with Crippen molar-refractivity contribution in [1.82, 2.24) is 9.97 Å². The van der Waals surface area contributed by atoms with Gasteiger partial charge in [-0.2, -0.15) is 0 Å². The second kappa shape index (κ2) is 5.70. The Bertz CT molecular complexity index is 1000. The number of rotatable bonds is 2. The van der Waals surface area contributed by atoms with E-state index in [1.165, 1.54) is 0 Å². The van der Waals surface area contributed by atoms with Crippen LogP contribution in [0, 0.1) is 0 Å². The molecular weight excluding hydrogens is 304 g/mol. The van der Waals surface area contributed by atoms with Crippen LogP contribution in [0.4, 0.5) is 11.4 Å². The molecule has 4 aromatic rings. The molecule has 0 unspecified atom stereocenters. The van der Waals surface area contributed by atoms with Gasteiger partial charge in [0.1, 0.15) is 0 Å². The van der Waals surface area contributed by atoms with Crippen molar-refractivity contribution in [1.29, 1.82) is 0 Å². The van der Waals surface area contributed by atoms with Gasteiger partial charge in [-0.1, -0.05) is 12.1 Å². The van der Waals surface area contributed by atoms with Gasteiger partial charge < -0.3 is 15.6 Å². The third-order valence-electron chi connectivity index (χ3n) is 3.74. The Hall–Kier alpha value is -2.92. The number of nitrogens with one attached hydrogen (secondary N) is 3. The lowest BCUT2D eigenvalue weighted by atomic mass is 10.1. The van der Waals surface area contributed by atoms with E-state index in [4.69, 9.17) is 12.2 Å². The zero-order chi connectivity index (χ0) is 15.6. The molecule has 4 nitrogen and oxygen atoms in total. The summed E-state index contributed by atoms with van der Waals surface area (Å²) in [5, 5.41) is 10.4. The quantitative estimate of drug-likeness (QED) is 0.475. The summed E-state index contributed by atoms with van der Waals surface area (Å²) in [4.78, 5) is 7.32. The molecule has 0 spiro atoms. The van der Waals surface area contributed by atoms with Crippen LogP contribution in [0.3, 0.4) is 0 Å². The van der Waals surface area contributed by atoms with Gasteiger partial charge in [-0.15, -0.1) is 0 Å². The summed E-state index contributed by atoms with van der Waals surface area (Å²) in [6.45, 7) is 0. The van der Waals surface area contributed by atoms with E-state index in [2.05, 4.69) is 26.7 Å². The number of thiocarbonyl (C=S) groups is 1. The SMILES string of the molecule is S=C(Nc1ccc2[nH]ccc2c1)Nc1cccc2cnccc12. The van der Waals surface area contributed by atoms with Gasteiger partial charge >= 0.3 is 0 Å². The van der Waals surface area contributed by atoms with E-state index >= 15 is 0 Å². The molecule has 0 saturated heterocycles. The van der Waals surface area contributed by atoms with Crippen LogP contribution in [-0.2, 0) is 0 Å². The zero-order valence-electron chi connectivity index (χ0n) is 12.2. The standard InChI is InChI=1S/C18H14N4S/c23-18(21-14-4-5-16-12(10-14)6-9-20-16)22-17-3-1-2-13-11-19-8-7-15(13)17/h1-11,20H,(H2,21,22,23). The smallest absolute Gasteiger partial charge is 0.175 e. The first-order chi connectivity index (χ1) is 11.3. The summed E-state index contributed by atoms with van der Waals surface area (Å²) in [6.07, 6.45) is 5.55. The van der Waals surface area contributed by atoms with Crippen molar-refractivity contribution in [3.05, 3.63) is 67.1 Å². The largest absolute Gasteiger partial charge is 0.361 e. The lowest BCUT2D eigenvalue weighted by molar-refractivity contribution is 1.36. The number of anilines is 2. The summed E-state index contributed by atoms with van der Waals surface area (Å²) < 4.78 is 0. The Morgan fingerprint density at radius 3 is 2.91 bits per heavy atom. The summed E-state index contributed by atoms with van der Waals surface area (Å²) in [5.41, 5.74) is 3.03. The molecule has 5 heteroatoms. The second-order valence-corrected chi connectivity index (χ2v) is 5.67. The lowest BCUT2D eigenvalue weighted by Gasteiger charge is -2.12. The molecule has 0 aliphatic carbocycles. The van der Waals surface area contributed by atoms with Crippen molar-refractivity contribution in [2.75, 3.05) is 10.6 Å². The predicted molar refractivity (Wildman–Crippen MR) is 99.9 cm³/mol. The van der Waals surface area contributed by atoms with Crippen molar-refractivity contribution < 1.29 is 0 Å². The summed E-state index contributed by atoms with van der Waals surface area (Å²) in [7, 11) is 0. The highest BCUT2D eigenvalue weighted by atomic mass is 32.1. The highest BCUT2D eigenvalue weighted by Gasteiger charge is 2.04. The Morgan fingerprint density at radius 2 is 1.96 bits per heavy atom. The second-order valence-electron chi connectivity index (χ2n) is 5.26. The summed E-state index contributed by atoms with van der Waals surface area (Å²) in [5.74, 6) is 0. The Morgan fingerprint density at radius 1 is 1.00 bits per heavy atom. The van der Waals surface area contributed by atoms with Gasteiger partial charge in [-0.3, -0.25) is 4.98 Å². The molecule has 0 bridgehead atoms.